The average Bonchev–Trinajstić information content (AvgIpc) is 2.43. The zero-order valence-corrected chi connectivity index (χ0v) is 12.8. The largest absolute Gasteiger partial charge is 0.497 e. The van der Waals surface area contributed by atoms with Crippen LogP contribution < -0.4 is 16.0 Å². The zero-order valence-electron chi connectivity index (χ0n) is 12.8. The third-order valence-electron chi connectivity index (χ3n) is 3.71. The molecule has 0 saturated carbocycles. The predicted octanol–water partition coefficient (Wildman–Crippen LogP) is 3.31. The molecule has 4 heteroatoms. The fraction of sp³-hybridized carbons (Fsp3) is 0.294. The Morgan fingerprint density at radius 1 is 1.10 bits per heavy atom. The monoisotopic (exact) mass is 288 g/mol. The van der Waals surface area contributed by atoms with E-state index in [9.17, 15) is 4.39 Å². The number of methoxy groups -OCH3 is 1. The molecule has 0 amide bonds. The van der Waals surface area contributed by atoms with Gasteiger partial charge in [0.1, 0.15) is 11.6 Å². The summed E-state index contributed by atoms with van der Waals surface area (Å²) in [6.45, 7) is 6.07. The van der Waals surface area contributed by atoms with E-state index in [1.807, 2.05) is 20.8 Å². The smallest absolute Gasteiger partial charge is 0.132 e. The third-order valence-corrected chi connectivity index (χ3v) is 3.71. The molecule has 0 aliphatic rings. The molecule has 112 valence electrons. The Balaban J connectivity index is 2.55. The summed E-state index contributed by atoms with van der Waals surface area (Å²) in [4.78, 5) is 0. The highest BCUT2D eigenvalue weighted by Crippen LogP contribution is 2.31. The molecule has 2 aromatic rings. The molecule has 3 N–H and O–H groups in total. The SMILES string of the molecule is COc1ccc(C(NN)c2c(C)cc(C)cc2C)c(F)c1. The molecule has 0 saturated heterocycles. The first-order valence-corrected chi connectivity index (χ1v) is 6.85. The van der Waals surface area contributed by atoms with Gasteiger partial charge in [-0.15, -0.1) is 0 Å². The minimum absolute atomic E-state index is 0.336. The second kappa shape index (κ2) is 6.24. The number of halogens is 1. The topological polar surface area (TPSA) is 47.3 Å². The van der Waals surface area contributed by atoms with E-state index in [4.69, 9.17) is 10.6 Å². The average molecular weight is 288 g/mol. The Kier molecular flexibility index (Phi) is 4.60. The third kappa shape index (κ3) is 3.06. The van der Waals surface area contributed by atoms with Crippen LogP contribution in [-0.4, -0.2) is 7.11 Å². The maximum absolute atomic E-state index is 14.3. The van der Waals surface area contributed by atoms with Gasteiger partial charge < -0.3 is 4.74 Å². The van der Waals surface area contributed by atoms with Gasteiger partial charge in [-0.05, 0) is 43.5 Å². The highest BCUT2D eigenvalue weighted by molar-refractivity contribution is 5.45. The van der Waals surface area contributed by atoms with Gasteiger partial charge in [-0.3, -0.25) is 5.84 Å². The Labute approximate surface area is 124 Å². The molecule has 0 bridgehead atoms. The summed E-state index contributed by atoms with van der Waals surface area (Å²) in [5, 5.41) is 0. The van der Waals surface area contributed by atoms with Crippen molar-refractivity contribution in [2.24, 2.45) is 5.84 Å². The van der Waals surface area contributed by atoms with Crippen molar-refractivity contribution in [3.8, 4) is 5.75 Å². The number of ether oxygens (including phenoxy) is 1. The number of hydrazine groups is 1. The van der Waals surface area contributed by atoms with Crippen molar-refractivity contribution in [1.29, 1.82) is 0 Å². The van der Waals surface area contributed by atoms with Crippen LogP contribution in [0, 0.1) is 26.6 Å². The maximum Gasteiger partial charge on any atom is 0.132 e. The van der Waals surface area contributed by atoms with E-state index >= 15 is 0 Å². The number of aryl methyl sites for hydroxylation is 3. The van der Waals surface area contributed by atoms with Crippen molar-refractivity contribution in [2.75, 3.05) is 7.11 Å². The lowest BCUT2D eigenvalue weighted by Gasteiger charge is -2.22. The van der Waals surface area contributed by atoms with Crippen LogP contribution in [0.25, 0.3) is 0 Å². The first kappa shape index (κ1) is 15.5. The van der Waals surface area contributed by atoms with Gasteiger partial charge in [-0.25, -0.2) is 9.82 Å². The second-order valence-corrected chi connectivity index (χ2v) is 5.30. The molecular formula is C17H21FN2O. The zero-order chi connectivity index (χ0) is 15.6. The van der Waals surface area contributed by atoms with Gasteiger partial charge in [-0.2, -0.15) is 0 Å². The van der Waals surface area contributed by atoms with Crippen LogP contribution in [0.1, 0.15) is 33.9 Å². The molecule has 0 fully saturated rings. The second-order valence-electron chi connectivity index (χ2n) is 5.30. The van der Waals surface area contributed by atoms with Crippen LogP contribution in [-0.2, 0) is 0 Å². The van der Waals surface area contributed by atoms with E-state index in [1.165, 1.54) is 18.7 Å². The van der Waals surface area contributed by atoms with E-state index in [0.29, 0.717) is 11.3 Å². The number of rotatable bonds is 4. The lowest BCUT2D eigenvalue weighted by Crippen LogP contribution is -2.30. The molecule has 0 aromatic heterocycles. The molecule has 1 unspecified atom stereocenters. The van der Waals surface area contributed by atoms with E-state index in [0.717, 1.165) is 16.7 Å². The lowest BCUT2D eigenvalue weighted by atomic mass is 9.90. The lowest BCUT2D eigenvalue weighted by molar-refractivity contribution is 0.410. The standard InChI is InChI=1S/C17H21FN2O/c1-10-7-11(2)16(12(3)8-10)17(20-19)14-6-5-13(21-4)9-15(14)18/h5-9,17,20H,19H2,1-4H3. The maximum atomic E-state index is 14.3. The molecule has 0 heterocycles. The van der Waals surface area contributed by atoms with Gasteiger partial charge >= 0.3 is 0 Å². The van der Waals surface area contributed by atoms with Crippen molar-refractivity contribution in [3.05, 3.63) is 64.0 Å². The summed E-state index contributed by atoms with van der Waals surface area (Å²) < 4.78 is 19.4. The number of nitrogens with two attached hydrogens (primary N) is 1. The number of hydrogen-bond acceptors (Lipinski definition) is 3. The summed E-state index contributed by atoms with van der Waals surface area (Å²) in [7, 11) is 1.52. The van der Waals surface area contributed by atoms with Crippen LogP contribution in [0.15, 0.2) is 30.3 Å². The van der Waals surface area contributed by atoms with Crippen LogP contribution in [0.4, 0.5) is 4.39 Å². The molecular weight excluding hydrogens is 267 g/mol. The van der Waals surface area contributed by atoms with Crippen LogP contribution >= 0.6 is 0 Å². The molecule has 2 aromatic carbocycles. The van der Waals surface area contributed by atoms with Gasteiger partial charge in [0.25, 0.3) is 0 Å². The fourth-order valence-electron chi connectivity index (χ4n) is 2.84. The minimum atomic E-state index is -0.392. The van der Waals surface area contributed by atoms with Gasteiger partial charge in [0.05, 0.1) is 13.2 Å². The molecule has 0 aliphatic heterocycles. The van der Waals surface area contributed by atoms with Crippen molar-refractivity contribution in [3.63, 3.8) is 0 Å². The van der Waals surface area contributed by atoms with Crippen LogP contribution in [0.3, 0.4) is 0 Å². The summed E-state index contributed by atoms with van der Waals surface area (Å²) >= 11 is 0. The van der Waals surface area contributed by atoms with E-state index < -0.39 is 6.04 Å². The number of nitrogens with one attached hydrogen (secondary N) is 1. The Morgan fingerprint density at radius 2 is 1.71 bits per heavy atom. The van der Waals surface area contributed by atoms with Crippen molar-refractivity contribution in [1.82, 2.24) is 5.43 Å². The van der Waals surface area contributed by atoms with Gasteiger partial charge in [-0.1, -0.05) is 23.8 Å². The molecule has 2 rings (SSSR count). The Bertz CT molecular complexity index is 632. The Hall–Kier alpha value is -1.91. The quantitative estimate of drug-likeness (QED) is 0.670. The minimum Gasteiger partial charge on any atom is -0.497 e. The fourth-order valence-corrected chi connectivity index (χ4v) is 2.84. The summed E-state index contributed by atoms with van der Waals surface area (Å²) in [6, 6.07) is 8.58. The van der Waals surface area contributed by atoms with Crippen LogP contribution in [0.2, 0.25) is 0 Å². The summed E-state index contributed by atoms with van der Waals surface area (Å²) in [5.74, 6) is 5.86. The molecule has 0 radical (unpaired) electrons. The molecule has 1 atom stereocenters. The van der Waals surface area contributed by atoms with Gasteiger partial charge in [0, 0.05) is 11.6 Å². The predicted molar refractivity (Wildman–Crippen MR) is 82.8 cm³/mol. The highest BCUT2D eigenvalue weighted by atomic mass is 19.1. The molecule has 0 aliphatic carbocycles. The first-order chi connectivity index (χ1) is 9.97. The molecule has 3 nitrogen and oxygen atoms in total. The first-order valence-electron chi connectivity index (χ1n) is 6.85. The normalized spacial score (nSPS) is 12.3. The van der Waals surface area contributed by atoms with Gasteiger partial charge in [0.2, 0.25) is 0 Å². The van der Waals surface area contributed by atoms with Crippen molar-refractivity contribution >= 4 is 0 Å². The van der Waals surface area contributed by atoms with Crippen molar-refractivity contribution < 1.29 is 9.13 Å². The van der Waals surface area contributed by atoms with Crippen LogP contribution in [0.5, 0.6) is 5.75 Å². The van der Waals surface area contributed by atoms with Gasteiger partial charge in [0.15, 0.2) is 0 Å². The summed E-state index contributed by atoms with van der Waals surface area (Å²) in [5.41, 5.74) is 7.61. The van der Waals surface area contributed by atoms with Crippen molar-refractivity contribution in [2.45, 2.75) is 26.8 Å². The number of benzene rings is 2. The van der Waals surface area contributed by atoms with E-state index in [-0.39, 0.29) is 5.82 Å². The summed E-state index contributed by atoms with van der Waals surface area (Å²) in [6.07, 6.45) is 0. The number of hydrogen-bond donors (Lipinski definition) is 2. The molecule has 21 heavy (non-hydrogen) atoms. The van der Waals surface area contributed by atoms with E-state index in [2.05, 4.69) is 17.6 Å². The Morgan fingerprint density at radius 3 is 2.19 bits per heavy atom. The highest BCUT2D eigenvalue weighted by Gasteiger charge is 2.21. The van der Waals surface area contributed by atoms with E-state index in [1.54, 1.807) is 12.1 Å². The molecule has 0 spiro atoms.